The first-order valence-corrected chi connectivity index (χ1v) is 12.2. The van der Waals surface area contributed by atoms with E-state index in [2.05, 4.69) is 102 Å². The molecule has 0 bridgehead atoms. The number of nitrogens with one attached hydrogen (secondary N) is 2. The van der Waals surface area contributed by atoms with E-state index >= 15 is 0 Å². The van der Waals surface area contributed by atoms with E-state index in [9.17, 15) is 4.79 Å². The predicted molar refractivity (Wildman–Crippen MR) is 141 cm³/mol. The highest BCUT2D eigenvalue weighted by Crippen LogP contribution is 2.36. The molecule has 0 radical (unpaired) electrons. The second kappa shape index (κ2) is 9.06. The van der Waals surface area contributed by atoms with Crippen molar-refractivity contribution in [3.05, 3.63) is 93.3 Å². The van der Waals surface area contributed by atoms with Crippen LogP contribution in [0, 0.1) is 6.92 Å². The summed E-state index contributed by atoms with van der Waals surface area (Å²) in [5.74, 6) is 2.11. The molecule has 0 aliphatic carbocycles. The summed E-state index contributed by atoms with van der Waals surface area (Å²) in [6.45, 7) is 11.4. The molecule has 1 aliphatic rings. The monoisotopic (exact) mass is 468 g/mol. The summed E-state index contributed by atoms with van der Waals surface area (Å²) >= 11 is 0. The van der Waals surface area contributed by atoms with E-state index in [1.807, 2.05) is 6.92 Å². The van der Waals surface area contributed by atoms with Crippen LogP contribution in [-0.4, -0.2) is 25.7 Å². The van der Waals surface area contributed by atoms with Crippen molar-refractivity contribution in [3.8, 4) is 11.4 Å². The SMILES string of the molecule is Cc1cn(C(C)C)c(-c2ccc(CN3c4[nH]c(=O)[nH]c4C=NC3c3ccccc3C(C)C)cc2)n1. The molecule has 4 aromatic rings. The van der Waals surface area contributed by atoms with Gasteiger partial charge < -0.3 is 14.5 Å². The molecule has 1 atom stereocenters. The van der Waals surface area contributed by atoms with E-state index in [-0.39, 0.29) is 11.9 Å². The molecule has 0 fully saturated rings. The molecule has 7 nitrogen and oxygen atoms in total. The molecule has 0 spiro atoms. The average Bonchev–Trinajstić information content (AvgIpc) is 3.42. The van der Waals surface area contributed by atoms with Gasteiger partial charge in [-0.1, -0.05) is 62.4 Å². The van der Waals surface area contributed by atoms with Crippen molar-refractivity contribution in [2.45, 2.75) is 59.3 Å². The Morgan fingerprint density at radius 2 is 1.74 bits per heavy atom. The van der Waals surface area contributed by atoms with Crippen molar-refractivity contribution in [2.24, 2.45) is 4.99 Å². The van der Waals surface area contributed by atoms with Gasteiger partial charge in [0, 0.05) is 24.3 Å². The summed E-state index contributed by atoms with van der Waals surface area (Å²) in [5.41, 5.74) is 6.12. The summed E-state index contributed by atoms with van der Waals surface area (Å²) in [6.07, 6.45) is 3.64. The highest BCUT2D eigenvalue weighted by molar-refractivity contribution is 5.86. The number of imidazole rings is 2. The van der Waals surface area contributed by atoms with E-state index in [1.165, 1.54) is 5.56 Å². The van der Waals surface area contributed by atoms with E-state index in [0.717, 1.165) is 34.0 Å². The zero-order valence-electron chi connectivity index (χ0n) is 20.9. The van der Waals surface area contributed by atoms with Crippen LogP contribution in [0.15, 0.2) is 64.5 Å². The van der Waals surface area contributed by atoms with Crippen LogP contribution in [0.4, 0.5) is 5.82 Å². The minimum absolute atomic E-state index is 0.226. The summed E-state index contributed by atoms with van der Waals surface area (Å²) in [7, 11) is 0. The molecule has 2 aromatic heterocycles. The third-order valence-corrected chi connectivity index (χ3v) is 6.53. The average molecular weight is 469 g/mol. The molecular weight excluding hydrogens is 436 g/mol. The fourth-order valence-corrected chi connectivity index (χ4v) is 4.82. The first kappa shape index (κ1) is 22.9. The van der Waals surface area contributed by atoms with Crippen molar-refractivity contribution in [2.75, 3.05) is 4.90 Å². The lowest BCUT2D eigenvalue weighted by atomic mass is 9.94. The van der Waals surface area contributed by atoms with Crippen LogP contribution in [0.25, 0.3) is 11.4 Å². The molecule has 0 amide bonds. The number of anilines is 1. The fourth-order valence-electron chi connectivity index (χ4n) is 4.82. The maximum absolute atomic E-state index is 12.2. The number of nitrogens with zero attached hydrogens (tertiary/aromatic N) is 4. The number of aryl methyl sites for hydroxylation is 1. The Labute approximate surface area is 205 Å². The van der Waals surface area contributed by atoms with Crippen molar-refractivity contribution in [1.82, 2.24) is 19.5 Å². The van der Waals surface area contributed by atoms with Crippen LogP contribution < -0.4 is 10.6 Å². The minimum atomic E-state index is -0.227. The van der Waals surface area contributed by atoms with Crippen molar-refractivity contribution >= 4 is 12.0 Å². The number of H-pyrrole nitrogens is 2. The Morgan fingerprint density at radius 1 is 1.00 bits per heavy atom. The Kier molecular flexibility index (Phi) is 5.93. The molecule has 0 saturated heterocycles. The third kappa shape index (κ3) is 4.34. The molecule has 0 saturated carbocycles. The Hall–Kier alpha value is -3.87. The topological polar surface area (TPSA) is 82.1 Å². The van der Waals surface area contributed by atoms with E-state index in [1.54, 1.807) is 6.21 Å². The number of hydrogen-bond donors (Lipinski definition) is 2. The largest absolute Gasteiger partial charge is 0.328 e. The summed E-state index contributed by atoms with van der Waals surface area (Å²) in [4.78, 5) is 29.8. The third-order valence-electron chi connectivity index (χ3n) is 6.53. The second-order valence-electron chi connectivity index (χ2n) is 9.81. The Bertz CT molecular complexity index is 1420. The first-order chi connectivity index (χ1) is 16.8. The van der Waals surface area contributed by atoms with Gasteiger partial charge in [-0.2, -0.15) is 0 Å². The molecule has 5 rings (SSSR count). The number of aliphatic imine (C=N–C) groups is 1. The predicted octanol–water partition coefficient (Wildman–Crippen LogP) is 5.72. The van der Waals surface area contributed by atoms with Gasteiger partial charge in [-0.05, 0) is 43.4 Å². The Balaban J connectivity index is 1.51. The lowest BCUT2D eigenvalue weighted by Crippen LogP contribution is -2.31. The van der Waals surface area contributed by atoms with Gasteiger partial charge >= 0.3 is 5.69 Å². The molecule has 2 aromatic carbocycles. The van der Waals surface area contributed by atoms with Gasteiger partial charge in [-0.15, -0.1) is 0 Å². The molecule has 1 unspecified atom stereocenters. The smallest absolute Gasteiger partial charge is 0.325 e. The van der Waals surface area contributed by atoms with Crippen molar-refractivity contribution in [1.29, 1.82) is 0 Å². The highest BCUT2D eigenvalue weighted by Gasteiger charge is 2.29. The lowest BCUT2D eigenvalue weighted by Gasteiger charge is -2.34. The molecule has 7 heteroatoms. The van der Waals surface area contributed by atoms with Gasteiger partial charge in [0.1, 0.15) is 23.5 Å². The van der Waals surface area contributed by atoms with E-state index < -0.39 is 0 Å². The van der Waals surface area contributed by atoms with Crippen LogP contribution in [0.3, 0.4) is 0 Å². The molecule has 3 heterocycles. The zero-order valence-corrected chi connectivity index (χ0v) is 20.9. The maximum atomic E-state index is 12.2. The van der Waals surface area contributed by atoms with Gasteiger partial charge in [-0.25, -0.2) is 9.78 Å². The fraction of sp³-hybridized carbons (Fsp3) is 0.321. The van der Waals surface area contributed by atoms with Crippen molar-refractivity contribution < 1.29 is 0 Å². The van der Waals surface area contributed by atoms with E-state index in [0.29, 0.717) is 24.2 Å². The van der Waals surface area contributed by atoms with Crippen LogP contribution in [0.5, 0.6) is 0 Å². The number of fused-ring (bicyclic) bond motifs is 1. The second-order valence-corrected chi connectivity index (χ2v) is 9.81. The van der Waals surface area contributed by atoms with Crippen LogP contribution in [0.2, 0.25) is 0 Å². The Morgan fingerprint density at radius 3 is 2.46 bits per heavy atom. The number of aromatic nitrogens is 4. The van der Waals surface area contributed by atoms with Crippen LogP contribution in [-0.2, 0) is 6.54 Å². The van der Waals surface area contributed by atoms with Gasteiger partial charge in [0.05, 0.1) is 11.9 Å². The summed E-state index contributed by atoms with van der Waals surface area (Å²) < 4.78 is 2.21. The first-order valence-electron chi connectivity index (χ1n) is 12.2. The summed E-state index contributed by atoms with van der Waals surface area (Å²) in [6, 6.07) is 17.3. The molecule has 1 aliphatic heterocycles. The quantitative estimate of drug-likeness (QED) is 0.380. The van der Waals surface area contributed by atoms with Crippen LogP contribution in [0.1, 0.15) is 73.9 Å². The normalized spacial score (nSPS) is 15.3. The van der Waals surface area contributed by atoms with Gasteiger partial charge in [0.25, 0.3) is 0 Å². The van der Waals surface area contributed by atoms with Crippen molar-refractivity contribution in [3.63, 3.8) is 0 Å². The number of rotatable bonds is 6. The highest BCUT2D eigenvalue weighted by atomic mass is 16.1. The van der Waals surface area contributed by atoms with Gasteiger partial charge in [0.2, 0.25) is 0 Å². The maximum Gasteiger partial charge on any atom is 0.325 e. The van der Waals surface area contributed by atoms with Gasteiger partial charge in [-0.3, -0.25) is 9.98 Å². The number of hydrogen-bond acceptors (Lipinski definition) is 4. The van der Waals surface area contributed by atoms with E-state index in [4.69, 9.17) is 9.98 Å². The number of aromatic amines is 2. The number of benzene rings is 2. The van der Waals surface area contributed by atoms with Gasteiger partial charge in [0.15, 0.2) is 0 Å². The summed E-state index contributed by atoms with van der Waals surface area (Å²) in [5, 5.41) is 0. The molecular formula is C28H32N6O. The molecule has 180 valence electrons. The lowest BCUT2D eigenvalue weighted by molar-refractivity contribution is 0.606. The standard InChI is InChI=1S/C28H32N6O/c1-17(2)22-8-6-7-9-23(22)26-29-14-24-27(32-28(35)31-24)34(26)16-20-10-12-21(13-11-20)25-30-19(5)15-33(25)18(3)4/h6-15,17-18,26H,16H2,1-5H3,(H2,31,32,35). The minimum Gasteiger partial charge on any atom is -0.328 e. The van der Waals surface area contributed by atoms with Crippen LogP contribution >= 0.6 is 0 Å². The zero-order chi connectivity index (χ0) is 24.7. The molecule has 35 heavy (non-hydrogen) atoms. The molecule has 2 N–H and O–H groups in total.